The van der Waals surface area contributed by atoms with Crippen molar-refractivity contribution in [2.24, 2.45) is 0 Å². The first-order valence-corrected chi connectivity index (χ1v) is 8.69. The minimum Gasteiger partial charge on any atom is -0.302 e. The zero-order chi connectivity index (χ0) is 15.9. The number of fused-ring (bicyclic) bond motifs is 1. The largest absolute Gasteiger partial charge is 0.302 e. The molecule has 116 valence electrons. The Morgan fingerprint density at radius 3 is 2.77 bits per heavy atom. The van der Waals surface area contributed by atoms with Crippen LogP contribution in [0.1, 0.15) is 22.6 Å². The summed E-state index contributed by atoms with van der Waals surface area (Å²) >= 11 is 10.5. The van der Waals surface area contributed by atoms with Crippen molar-refractivity contribution in [3.8, 4) is 0 Å². The molecule has 3 nitrogen and oxygen atoms in total. The van der Waals surface area contributed by atoms with Gasteiger partial charge in [0.1, 0.15) is 0 Å². The van der Waals surface area contributed by atoms with Crippen molar-refractivity contribution in [1.82, 2.24) is 4.90 Å². The summed E-state index contributed by atoms with van der Waals surface area (Å²) in [5.41, 5.74) is 3.16. The molecule has 1 aliphatic heterocycles. The zero-order valence-electron chi connectivity index (χ0n) is 11.9. The van der Waals surface area contributed by atoms with Crippen LogP contribution in [0.5, 0.6) is 0 Å². The molecular formula is C16H15Cl2NO2S. The molecule has 0 aromatic heterocycles. The van der Waals surface area contributed by atoms with Gasteiger partial charge < -0.3 is 9.45 Å². The summed E-state index contributed by atoms with van der Waals surface area (Å²) in [6.07, 6.45) is 0. The third-order valence-electron chi connectivity index (χ3n) is 3.95. The van der Waals surface area contributed by atoms with Gasteiger partial charge in [0.05, 0.1) is 4.90 Å². The van der Waals surface area contributed by atoms with Gasteiger partial charge >= 0.3 is 0 Å². The van der Waals surface area contributed by atoms with Crippen molar-refractivity contribution in [1.29, 1.82) is 0 Å². The Balaban J connectivity index is 2.13. The smallest absolute Gasteiger partial charge is 0.186 e. The van der Waals surface area contributed by atoms with Crippen molar-refractivity contribution in [2.75, 3.05) is 13.6 Å². The van der Waals surface area contributed by atoms with E-state index in [0.717, 1.165) is 29.8 Å². The molecule has 2 unspecified atom stereocenters. The minimum atomic E-state index is -1.98. The molecule has 1 aliphatic rings. The van der Waals surface area contributed by atoms with Gasteiger partial charge in [-0.05, 0) is 48.0 Å². The van der Waals surface area contributed by atoms with E-state index < -0.39 is 11.1 Å². The van der Waals surface area contributed by atoms with Crippen LogP contribution >= 0.6 is 23.2 Å². The molecule has 1 heterocycles. The highest BCUT2D eigenvalue weighted by Gasteiger charge is 2.27. The Morgan fingerprint density at radius 2 is 2.05 bits per heavy atom. The zero-order valence-corrected chi connectivity index (χ0v) is 14.3. The molecule has 0 saturated carbocycles. The molecular weight excluding hydrogens is 341 g/mol. The number of rotatable bonds is 2. The maximum absolute atomic E-state index is 11.3. The van der Waals surface area contributed by atoms with E-state index in [9.17, 15) is 8.76 Å². The quantitative estimate of drug-likeness (QED) is 0.822. The van der Waals surface area contributed by atoms with Crippen LogP contribution in [0.4, 0.5) is 0 Å². The SMILES string of the molecule is CN1Cc2c(Cl)cc(Cl)cc2C(c2cccc(S(=O)O)c2)C1. The molecule has 22 heavy (non-hydrogen) atoms. The highest BCUT2D eigenvalue weighted by molar-refractivity contribution is 7.79. The predicted octanol–water partition coefficient (Wildman–Crippen LogP) is 4.15. The Bertz CT molecular complexity index is 751. The molecule has 2 atom stereocenters. The molecule has 0 saturated heterocycles. The number of likely N-dealkylation sites (N-methyl/N-ethyl adjacent to an activating group) is 1. The van der Waals surface area contributed by atoms with E-state index in [2.05, 4.69) is 4.90 Å². The minimum absolute atomic E-state index is 0.0773. The van der Waals surface area contributed by atoms with E-state index >= 15 is 0 Å². The molecule has 0 amide bonds. The van der Waals surface area contributed by atoms with Gasteiger partial charge in [-0.2, -0.15) is 0 Å². The van der Waals surface area contributed by atoms with Gasteiger partial charge in [-0.15, -0.1) is 0 Å². The highest BCUT2D eigenvalue weighted by Crippen LogP contribution is 2.38. The van der Waals surface area contributed by atoms with Crippen LogP contribution in [-0.4, -0.2) is 27.3 Å². The first-order valence-electron chi connectivity index (χ1n) is 6.83. The van der Waals surface area contributed by atoms with Crippen molar-refractivity contribution in [3.05, 3.63) is 63.1 Å². The van der Waals surface area contributed by atoms with E-state index in [4.69, 9.17) is 23.2 Å². The van der Waals surface area contributed by atoms with Crippen molar-refractivity contribution >= 4 is 34.3 Å². The molecule has 0 bridgehead atoms. The average molecular weight is 356 g/mol. The topological polar surface area (TPSA) is 40.5 Å². The summed E-state index contributed by atoms with van der Waals surface area (Å²) in [5.74, 6) is 0.0773. The third-order valence-corrected chi connectivity index (χ3v) is 5.17. The lowest BCUT2D eigenvalue weighted by atomic mass is 9.85. The van der Waals surface area contributed by atoms with Crippen molar-refractivity contribution in [3.63, 3.8) is 0 Å². The van der Waals surface area contributed by atoms with Crippen LogP contribution in [-0.2, 0) is 17.6 Å². The first-order chi connectivity index (χ1) is 10.5. The van der Waals surface area contributed by atoms with Crippen molar-refractivity contribution < 1.29 is 8.76 Å². The molecule has 0 radical (unpaired) electrons. The standard InChI is InChI=1S/C16H15Cl2NO2S/c1-19-8-14(10-3-2-4-12(5-10)22(20)21)13-6-11(17)7-16(18)15(13)9-19/h2-7,14H,8-9H2,1H3,(H,20,21). The molecule has 0 spiro atoms. The van der Waals surface area contributed by atoms with E-state index in [1.807, 2.05) is 19.2 Å². The highest BCUT2D eigenvalue weighted by atomic mass is 35.5. The van der Waals surface area contributed by atoms with Crippen molar-refractivity contribution in [2.45, 2.75) is 17.4 Å². The fourth-order valence-electron chi connectivity index (χ4n) is 2.97. The Kier molecular flexibility index (Phi) is 4.57. The number of benzene rings is 2. The van der Waals surface area contributed by atoms with Crippen LogP contribution in [0.25, 0.3) is 0 Å². The monoisotopic (exact) mass is 355 g/mol. The molecule has 0 aliphatic carbocycles. The molecule has 3 rings (SSSR count). The number of halogens is 2. The van der Waals surface area contributed by atoms with Gasteiger partial charge in [0.15, 0.2) is 11.1 Å². The van der Waals surface area contributed by atoms with Gasteiger partial charge in [0.25, 0.3) is 0 Å². The molecule has 2 aromatic carbocycles. The van der Waals surface area contributed by atoms with Gasteiger partial charge in [-0.25, -0.2) is 4.21 Å². The van der Waals surface area contributed by atoms with E-state index in [1.165, 1.54) is 0 Å². The summed E-state index contributed by atoms with van der Waals surface area (Å²) in [6.45, 7) is 1.58. The third kappa shape index (κ3) is 3.07. The Hall–Kier alpha value is -0.910. The normalized spacial score (nSPS) is 19.7. The second-order valence-corrected chi connectivity index (χ2v) is 7.34. The molecule has 2 aromatic rings. The van der Waals surface area contributed by atoms with Gasteiger partial charge in [-0.1, -0.05) is 35.3 Å². The van der Waals surface area contributed by atoms with Gasteiger partial charge in [0.2, 0.25) is 0 Å². The second kappa shape index (κ2) is 6.30. The van der Waals surface area contributed by atoms with E-state index in [-0.39, 0.29) is 5.92 Å². The summed E-state index contributed by atoms with van der Waals surface area (Å²) < 4.78 is 20.6. The fourth-order valence-corrected chi connectivity index (χ4v) is 3.97. The van der Waals surface area contributed by atoms with Crippen LogP contribution in [0.2, 0.25) is 10.0 Å². The lowest BCUT2D eigenvalue weighted by Crippen LogP contribution is -2.31. The van der Waals surface area contributed by atoms with Crippen LogP contribution in [0.15, 0.2) is 41.3 Å². The summed E-state index contributed by atoms with van der Waals surface area (Å²) in [7, 11) is 2.04. The summed E-state index contributed by atoms with van der Waals surface area (Å²) in [5, 5.41) is 1.28. The van der Waals surface area contributed by atoms with E-state index in [0.29, 0.717) is 14.9 Å². The first kappa shape index (κ1) is 16.0. The molecule has 0 fully saturated rings. The lowest BCUT2D eigenvalue weighted by molar-refractivity contribution is 0.295. The number of hydrogen-bond acceptors (Lipinski definition) is 2. The molecule has 6 heteroatoms. The number of nitrogens with zero attached hydrogens (tertiary/aromatic N) is 1. The summed E-state index contributed by atoms with van der Waals surface area (Å²) in [6, 6.07) is 10.9. The van der Waals surface area contributed by atoms with Gasteiger partial charge in [0, 0.05) is 29.1 Å². The van der Waals surface area contributed by atoms with Crippen LogP contribution in [0.3, 0.4) is 0 Å². The maximum atomic E-state index is 11.3. The lowest BCUT2D eigenvalue weighted by Gasteiger charge is -2.33. The fraction of sp³-hybridized carbons (Fsp3) is 0.250. The molecule has 1 N–H and O–H groups in total. The summed E-state index contributed by atoms with van der Waals surface area (Å²) in [4.78, 5) is 2.59. The Labute approximate surface area is 142 Å². The average Bonchev–Trinajstić information content (AvgIpc) is 2.47. The van der Waals surface area contributed by atoms with E-state index in [1.54, 1.807) is 24.3 Å². The van der Waals surface area contributed by atoms with Crippen LogP contribution in [0, 0.1) is 0 Å². The predicted molar refractivity (Wildman–Crippen MR) is 90.1 cm³/mol. The van der Waals surface area contributed by atoms with Gasteiger partial charge in [-0.3, -0.25) is 0 Å². The van der Waals surface area contributed by atoms with Crippen LogP contribution < -0.4 is 0 Å². The Morgan fingerprint density at radius 1 is 1.27 bits per heavy atom. The number of hydrogen-bond donors (Lipinski definition) is 1. The maximum Gasteiger partial charge on any atom is 0.186 e. The second-order valence-electron chi connectivity index (χ2n) is 5.53.